The van der Waals surface area contributed by atoms with Gasteiger partial charge in [0.25, 0.3) is 0 Å². The number of hydrogen-bond acceptors (Lipinski definition) is 1. The number of nitrogens with zero attached hydrogens (tertiary/aromatic N) is 2. The summed E-state index contributed by atoms with van der Waals surface area (Å²) in [6.45, 7) is 2.03. The molecule has 0 spiro atoms. The van der Waals surface area contributed by atoms with Gasteiger partial charge in [-0.1, -0.05) is 0 Å². The zero-order chi connectivity index (χ0) is 6.20. The Morgan fingerprint density at radius 1 is 1.44 bits per heavy atom. The van der Waals surface area contributed by atoms with E-state index >= 15 is 0 Å². The summed E-state index contributed by atoms with van der Waals surface area (Å²) in [5.41, 5.74) is 0. The normalized spacial score (nSPS) is 21.0. The van der Waals surface area contributed by atoms with Crippen molar-refractivity contribution in [1.29, 1.82) is 0 Å². The lowest BCUT2D eigenvalue weighted by Crippen LogP contribution is -3.00. The van der Waals surface area contributed by atoms with Crippen molar-refractivity contribution >= 4 is 5.84 Å². The Kier molecular flexibility index (Phi) is 2.58. The molecule has 9 heavy (non-hydrogen) atoms. The van der Waals surface area contributed by atoms with Gasteiger partial charge < -0.3 is 17.0 Å². The van der Waals surface area contributed by atoms with Crippen LogP contribution >= 0.6 is 0 Å². The molecule has 3 heteroatoms. The lowest BCUT2D eigenvalue weighted by Gasteiger charge is -2.18. The number of quaternary nitrogens is 1. The number of aliphatic imine (C=N–C) groups is 1. The van der Waals surface area contributed by atoms with Crippen molar-refractivity contribution in [3.8, 4) is 0 Å². The highest BCUT2D eigenvalue weighted by Crippen LogP contribution is 2.07. The molecule has 0 aromatic heterocycles. The first-order chi connectivity index (χ1) is 3.63. The summed E-state index contributed by atoms with van der Waals surface area (Å²) < 4.78 is 0.806. The molecular formula is C6H11BrN2. The van der Waals surface area contributed by atoms with Crippen molar-refractivity contribution in [2.45, 2.75) is 6.92 Å². The topological polar surface area (TPSA) is 12.4 Å². The van der Waals surface area contributed by atoms with Gasteiger partial charge in [-0.3, -0.25) is 4.48 Å². The van der Waals surface area contributed by atoms with Crippen LogP contribution in [0.3, 0.4) is 0 Å². The molecule has 1 aliphatic heterocycles. The van der Waals surface area contributed by atoms with Gasteiger partial charge in [-0.25, -0.2) is 4.99 Å². The summed E-state index contributed by atoms with van der Waals surface area (Å²) >= 11 is 0. The standard InChI is InChI=1S/C6H11N2.BrH/c1-6-7-4-5-8(6,2)3;/h4-5H,1-3H3;1H/q+1;/p-1. The fourth-order valence-electron chi connectivity index (χ4n) is 0.565. The molecule has 0 unspecified atom stereocenters. The maximum Gasteiger partial charge on any atom is 0.203 e. The molecule has 0 N–H and O–H groups in total. The maximum absolute atomic E-state index is 4.10. The summed E-state index contributed by atoms with van der Waals surface area (Å²) in [4.78, 5) is 4.10. The molecular weight excluding hydrogens is 180 g/mol. The zero-order valence-electron chi connectivity index (χ0n) is 5.93. The molecule has 0 atom stereocenters. The van der Waals surface area contributed by atoms with Crippen molar-refractivity contribution in [3.63, 3.8) is 0 Å². The van der Waals surface area contributed by atoms with Gasteiger partial charge in [0.2, 0.25) is 5.84 Å². The molecule has 0 saturated carbocycles. The van der Waals surface area contributed by atoms with Crippen LogP contribution in [0.15, 0.2) is 17.4 Å². The predicted molar refractivity (Wildman–Crippen MR) is 34.4 cm³/mol. The van der Waals surface area contributed by atoms with Gasteiger partial charge >= 0.3 is 0 Å². The number of hydrogen-bond donors (Lipinski definition) is 0. The minimum absolute atomic E-state index is 0. The van der Waals surface area contributed by atoms with E-state index in [4.69, 9.17) is 0 Å². The second kappa shape index (κ2) is 2.62. The van der Waals surface area contributed by atoms with Crippen molar-refractivity contribution in [2.24, 2.45) is 4.99 Å². The van der Waals surface area contributed by atoms with E-state index in [2.05, 4.69) is 25.3 Å². The van der Waals surface area contributed by atoms with E-state index < -0.39 is 0 Å². The monoisotopic (exact) mass is 190 g/mol. The molecule has 0 aromatic carbocycles. The van der Waals surface area contributed by atoms with Crippen molar-refractivity contribution in [2.75, 3.05) is 14.1 Å². The Balaban J connectivity index is 0.000000640. The third kappa shape index (κ3) is 1.63. The molecule has 0 fully saturated rings. The van der Waals surface area contributed by atoms with Crippen molar-refractivity contribution < 1.29 is 21.5 Å². The highest BCUT2D eigenvalue weighted by molar-refractivity contribution is 5.75. The van der Waals surface area contributed by atoms with E-state index in [1.54, 1.807) is 0 Å². The van der Waals surface area contributed by atoms with Gasteiger partial charge in [-0.15, -0.1) is 0 Å². The molecule has 1 aliphatic rings. The van der Waals surface area contributed by atoms with Gasteiger partial charge in [0.1, 0.15) is 6.20 Å². The van der Waals surface area contributed by atoms with Crippen LogP contribution in [0.1, 0.15) is 6.92 Å². The number of amidine groups is 1. The summed E-state index contributed by atoms with van der Waals surface area (Å²) in [7, 11) is 4.20. The van der Waals surface area contributed by atoms with E-state index in [-0.39, 0.29) is 17.0 Å². The van der Waals surface area contributed by atoms with Gasteiger partial charge in [-0.2, -0.15) is 0 Å². The van der Waals surface area contributed by atoms with Gasteiger partial charge in [-0.05, 0) is 0 Å². The van der Waals surface area contributed by atoms with E-state index in [1.165, 1.54) is 0 Å². The molecule has 0 bridgehead atoms. The third-order valence-corrected chi connectivity index (χ3v) is 1.53. The van der Waals surface area contributed by atoms with Crippen LogP contribution in [-0.4, -0.2) is 24.4 Å². The van der Waals surface area contributed by atoms with E-state index in [9.17, 15) is 0 Å². The number of rotatable bonds is 0. The van der Waals surface area contributed by atoms with E-state index in [1.807, 2.05) is 13.1 Å². The first-order valence-electron chi connectivity index (χ1n) is 2.69. The average molecular weight is 191 g/mol. The second-order valence-electron chi connectivity index (χ2n) is 2.51. The Hall–Kier alpha value is -0.150. The van der Waals surface area contributed by atoms with Crippen LogP contribution < -0.4 is 17.0 Å². The maximum atomic E-state index is 4.10. The van der Waals surface area contributed by atoms with Gasteiger partial charge in [0.15, 0.2) is 0 Å². The van der Waals surface area contributed by atoms with Gasteiger partial charge in [0, 0.05) is 6.92 Å². The molecule has 0 saturated heterocycles. The second-order valence-corrected chi connectivity index (χ2v) is 2.51. The Labute approximate surface area is 66.2 Å². The van der Waals surface area contributed by atoms with Gasteiger partial charge in [0.05, 0.1) is 20.3 Å². The van der Waals surface area contributed by atoms with E-state index in [0.29, 0.717) is 0 Å². The molecule has 0 amide bonds. The third-order valence-electron chi connectivity index (χ3n) is 1.53. The molecule has 2 nitrogen and oxygen atoms in total. The fraction of sp³-hybridized carbons (Fsp3) is 0.500. The van der Waals surface area contributed by atoms with Crippen molar-refractivity contribution in [3.05, 3.63) is 12.4 Å². The highest BCUT2D eigenvalue weighted by atomic mass is 79.9. The van der Waals surface area contributed by atoms with E-state index in [0.717, 1.165) is 10.3 Å². The lowest BCUT2D eigenvalue weighted by atomic mass is 10.5. The summed E-state index contributed by atoms with van der Waals surface area (Å²) in [6.07, 6.45) is 3.89. The van der Waals surface area contributed by atoms with Crippen LogP contribution in [0.2, 0.25) is 0 Å². The minimum Gasteiger partial charge on any atom is -1.00 e. The Morgan fingerprint density at radius 2 is 2.00 bits per heavy atom. The smallest absolute Gasteiger partial charge is 0.203 e. The molecule has 0 aliphatic carbocycles. The first-order valence-corrected chi connectivity index (χ1v) is 2.69. The molecule has 1 heterocycles. The largest absolute Gasteiger partial charge is 1.00 e. The molecule has 1 rings (SSSR count). The predicted octanol–water partition coefficient (Wildman–Crippen LogP) is -2.03. The average Bonchev–Trinajstić information content (AvgIpc) is 1.86. The van der Waals surface area contributed by atoms with Crippen LogP contribution in [0.4, 0.5) is 0 Å². The summed E-state index contributed by atoms with van der Waals surface area (Å²) in [5.74, 6) is 1.14. The highest BCUT2D eigenvalue weighted by Gasteiger charge is 2.19. The summed E-state index contributed by atoms with van der Waals surface area (Å²) in [6, 6.07) is 0. The first kappa shape index (κ1) is 8.85. The van der Waals surface area contributed by atoms with Crippen LogP contribution in [-0.2, 0) is 0 Å². The number of halogens is 1. The van der Waals surface area contributed by atoms with Crippen LogP contribution in [0.25, 0.3) is 0 Å². The zero-order valence-corrected chi connectivity index (χ0v) is 7.51. The van der Waals surface area contributed by atoms with Crippen LogP contribution in [0, 0.1) is 0 Å². The quantitative estimate of drug-likeness (QED) is 0.391. The van der Waals surface area contributed by atoms with Crippen LogP contribution in [0.5, 0.6) is 0 Å². The molecule has 52 valence electrons. The molecule has 0 radical (unpaired) electrons. The fourth-order valence-corrected chi connectivity index (χ4v) is 0.565. The van der Waals surface area contributed by atoms with Crippen molar-refractivity contribution in [1.82, 2.24) is 0 Å². The SMILES string of the molecule is CC1=NC=C[N+]1(C)C.[Br-]. The Morgan fingerprint density at radius 3 is 2.11 bits per heavy atom. The minimum atomic E-state index is 0. The Bertz CT molecular complexity index is 158. The lowest BCUT2D eigenvalue weighted by molar-refractivity contribution is -0.740. The summed E-state index contributed by atoms with van der Waals surface area (Å²) in [5, 5.41) is 0. The molecule has 0 aromatic rings.